The molecule has 0 saturated carbocycles. The number of benzene rings is 2. The van der Waals surface area contributed by atoms with Crippen LogP contribution in [-0.4, -0.2) is 5.16 Å². The molecule has 33 heavy (non-hydrogen) atoms. The second-order valence-corrected chi connectivity index (χ2v) is 12.7. The van der Waals surface area contributed by atoms with Crippen LogP contribution in [0.1, 0.15) is 68.0 Å². The molecule has 4 rings (SSSR count). The third kappa shape index (κ3) is 3.50. The zero-order valence-corrected chi connectivity index (χ0v) is 23.2. The Morgan fingerprint density at radius 3 is 1.15 bits per heavy atom. The highest BCUT2D eigenvalue weighted by atomic mass is 31.1. The second-order valence-electron chi connectivity index (χ2n) is 10.3. The van der Waals surface area contributed by atoms with E-state index in [-0.39, 0.29) is 5.16 Å². The van der Waals surface area contributed by atoms with Crippen LogP contribution in [-0.2, 0) is 0 Å². The molecular weight excluding hydrogens is 419 g/mol. The zero-order valence-electron chi connectivity index (χ0n) is 22.3. The highest BCUT2D eigenvalue weighted by molar-refractivity contribution is 7.64. The minimum Gasteiger partial charge on any atom is -0.306 e. The second kappa shape index (κ2) is 8.17. The lowest BCUT2D eigenvalue weighted by atomic mass is 9.98. The standard InChI is InChI=1S/C30H39N2P/c1-18-14-20(3)28(21(4)15-18)31-12-13-32(29-22(5)16-19(2)17-23(29)6)33(31)30(11)26(9)24(7)25(8)27(30)10/h12-17H,1-11H3. The molecule has 2 aromatic rings. The number of nitrogens with zero attached hydrogens (tertiary/aromatic N) is 2. The lowest BCUT2D eigenvalue weighted by molar-refractivity contribution is 0.850. The molecule has 0 atom stereocenters. The number of allylic oxidation sites excluding steroid dienone is 4. The van der Waals surface area contributed by atoms with Gasteiger partial charge in [0.25, 0.3) is 0 Å². The van der Waals surface area contributed by atoms with Crippen LogP contribution in [0.2, 0.25) is 0 Å². The van der Waals surface area contributed by atoms with Crippen molar-refractivity contribution < 1.29 is 0 Å². The molecule has 0 fully saturated rings. The topological polar surface area (TPSA) is 6.48 Å². The largest absolute Gasteiger partial charge is 0.306 e. The Labute approximate surface area is 202 Å². The fourth-order valence-electron chi connectivity index (χ4n) is 6.07. The molecule has 2 nitrogen and oxygen atoms in total. The van der Waals surface area contributed by atoms with Crippen LogP contribution >= 0.6 is 8.22 Å². The van der Waals surface area contributed by atoms with E-state index in [1.807, 2.05) is 0 Å². The van der Waals surface area contributed by atoms with Crippen LogP contribution in [0.15, 0.2) is 59.0 Å². The Morgan fingerprint density at radius 1 is 0.545 bits per heavy atom. The molecule has 1 aliphatic carbocycles. The Kier molecular flexibility index (Phi) is 5.90. The molecular formula is C30H39N2P. The van der Waals surface area contributed by atoms with E-state index in [2.05, 4.69) is 122 Å². The average Bonchev–Trinajstić information content (AvgIpc) is 3.18. The van der Waals surface area contributed by atoms with Gasteiger partial charge in [-0.3, -0.25) is 0 Å². The summed E-state index contributed by atoms with van der Waals surface area (Å²) in [5.74, 6) is 0. The first-order chi connectivity index (χ1) is 15.4. The van der Waals surface area contributed by atoms with Crippen molar-refractivity contribution in [2.45, 2.75) is 81.3 Å². The molecule has 0 amide bonds. The van der Waals surface area contributed by atoms with Crippen molar-refractivity contribution in [3.8, 4) is 0 Å². The van der Waals surface area contributed by atoms with Crippen molar-refractivity contribution >= 4 is 19.6 Å². The molecule has 0 bridgehead atoms. The zero-order chi connectivity index (χ0) is 24.4. The SMILES string of the molecule is CC1=C(C)C(C)(P2N(c3c(C)cc(C)cc3C)C=CN2c2c(C)cc(C)cc2C)C(C)=C1C. The summed E-state index contributed by atoms with van der Waals surface area (Å²) in [6.45, 7) is 25.3. The molecule has 0 saturated heterocycles. The maximum Gasteiger partial charge on any atom is 0.119 e. The molecule has 2 aliphatic rings. The average molecular weight is 459 g/mol. The van der Waals surface area contributed by atoms with Crippen molar-refractivity contribution in [2.75, 3.05) is 9.34 Å². The van der Waals surface area contributed by atoms with E-state index in [1.165, 1.54) is 67.0 Å². The van der Waals surface area contributed by atoms with Gasteiger partial charge in [0, 0.05) is 12.4 Å². The molecule has 0 unspecified atom stereocenters. The minimum absolute atomic E-state index is 0.0411. The highest BCUT2D eigenvalue weighted by Crippen LogP contribution is 2.69. The molecule has 0 spiro atoms. The Morgan fingerprint density at radius 2 is 0.848 bits per heavy atom. The quantitative estimate of drug-likeness (QED) is 0.423. The third-order valence-corrected chi connectivity index (χ3v) is 11.0. The van der Waals surface area contributed by atoms with Crippen LogP contribution in [0, 0.1) is 41.5 Å². The third-order valence-electron chi connectivity index (χ3n) is 8.03. The van der Waals surface area contributed by atoms with E-state index in [0.29, 0.717) is 0 Å². The van der Waals surface area contributed by atoms with Gasteiger partial charge >= 0.3 is 0 Å². The summed E-state index contributed by atoms with van der Waals surface area (Å²) in [7, 11) is -0.784. The van der Waals surface area contributed by atoms with Gasteiger partial charge in [0.15, 0.2) is 0 Å². The summed E-state index contributed by atoms with van der Waals surface area (Å²) in [5, 5.41) is -0.0411. The predicted octanol–water partition coefficient (Wildman–Crippen LogP) is 9.09. The highest BCUT2D eigenvalue weighted by Gasteiger charge is 2.51. The molecule has 174 valence electrons. The first-order valence-electron chi connectivity index (χ1n) is 12.0. The van der Waals surface area contributed by atoms with Crippen molar-refractivity contribution in [2.24, 2.45) is 0 Å². The van der Waals surface area contributed by atoms with Gasteiger partial charge < -0.3 is 9.34 Å². The van der Waals surface area contributed by atoms with Crippen LogP contribution in [0.4, 0.5) is 11.4 Å². The van der Waals surface area contributed by atoms with Gasteiger partial charge in [-0.2, -0.15) is 0 Å². The normalized spacial score (nSPS) is 18.4. The summed E-state index contributed by atoms with van der Waals surface area (Å²) in [5.41, 5.74) is 16.7. The molecule has 0 radical (unpaired) electrons. The fourth-order valence-corrected chi connectivity index (χ4v) is 9.45. The number of anilines is 2. The lowest BCUT2D eigenvalue weighted by Crippen LogP contribution is -2.35. The molecule has 1 aliphatic heterocycles. The molecule has 0 N–H and O–H groups in total. The molecule has 0 aromatic heterocycles. The number of rotatable bonds is 3. The number of aryl methyl sites for hydroxylation is 6. The van der Waals surface area contributed by atoms with Gasteiger partial charge in [0.2, 0.25) is 0 Å². The van der Waals surface area contributed by atoms with Crippen molar-refractivity contribution in [1.82, 2.24) is 0 Å². The van der Waals surface area contributed by atoms with Gasteiger partial charge in [-0.15, -0.1) is 0 Å². The van der Waals surface area contributed by atoms with Crippen LogP contribution < -0.4 is 9.34 Å². The van der Waals surface area contributed by atoms with Crippen LogP contribution in [0.5, 0.6) is 0 Å². The van der Waals surface area contributed by atoms with E-state index in [9.17, 15) is 0 Å². The Balaban J connectivity index is 1.99. The van der Waals surface area contributed by atoms with Gasteiger partial charge in [-0.25, -0.2) is 0 Å². The Bertz CT molecular complexity index is 1110. The fraction of sp³-hybridized carbons (Fsp3) is 0.400. The number of hydrogen-bond donors (Lipinski definition) is 0. The van der Waals surface area contributed by atoms with Crippen molar-refractivity contribution in [1.29, 1.82) is 0 Å². The molecule has 1 heterocycles. The minimum atomic E-state index is -0.784. The smallest absolute Gasteiger partial charge is 0.119 e. The Hall–Kier alpha value is -2.31. The lowest BCUT2D eigenvalue weighted by Gasteiger charge is -2.46. The van der Waals surface area contributed by atoms with E-state index < -0.39 is 8.22 Å². The van der Waals surface area contributed by atoms with E-state index >= 15 is 0 Å². The molecule has 2 aromatic carbocycles. The first kappa shape index (κ1) is 23.8. The summed E-state index contributed by atoms with van der Waals surface area (Å²) >= 11 is 0. The predicted molar refractivity (Wildman–Crippen MR) is 147 cm³/mol. The maximum atomic E-state index is 2.61. The van der Waals surface area contributed by atoms with E-state index in [4.69, 9.17) is 0 Å². The van der Waals surface area contributed by atoms with Crippen molar-refractivity contribution in [3.63, 3.8) is 0 Å². The maximum absolute atomic E-state index is 2.61. The van der Waals surface area contributed by atoms with E-state index in [1.54, 1.807) is 0 Å². The molecule has 3 heteroatoms. The van der Waals surface area contributed by atoms with Crippen LogP contribution in [0.3, 0.4) is 0 Å². The summed E-state index contributed by atoms with van der Waals surface area (Å²) in [6.07, 6.45) is 4.67. The monoisotopic (exact) mass is 458 g/mol. The van der Waals surface area contributed by atoms with Crippen LogP contribution in [0.25, 0.3) is 0 Å². The summed E-state index contributed by atoms with van der Waals surface area (Å²) < 4.78 is 5.22. The van der Waals surface area contributed by atoms with Gasteiger partial charge in [-0.1, -0.05) is 46.5 Å². The first-order valence-corrected chi connectivity index (χ1v) is 13.2. The summed E-state index contributed by atoms with van der Waals surface area (Å²) in [6, 6.07) is 9.31. The number of hydrogen-bond acceptors (Lipinski definition) is 2. The van der Waals surface area contributed by atoms with Gasteiger partial charge in [0.05, 0.1) is 16.5 Å². The van der Waals surface area contributed by atoms with Gasteiger partial charge in [-0.05, 0) is 110 Å². The van der Waals surface area contributed by atoms with Gasteiger partial charge in [0.1, 0.15) is 8.22 Å². The summed E-state index contributed by atoms with van der Waals surface area (Å²) in [4.78, 5) is 0. The van der Waals surface area contributed by atoms with Crippen molar-refractivity contribution in [3.05, 3.63) is 92.3 Å². The van der Waals surface area contributed by atoms with E-state index in [0.717, 1.165) is 0 Å².